The number of aromatic nitrogens is 4. The molecule has 4 aliphatic rings. The first-order valence-electron chi connectivity index (χ1n) is 9.86. The van der Waals surface area contributed by atoms with Crippen LogP contribution in [0.15, 0.2) is 16.1 Å². The van der Waals surface area contributed by atoms with Gasteiger partial charge in [-0.3, -0.25) is 14.7 Å². The first-order chi connectivity index (χ1) is 13.0. The lowest BCUT2D eigenvalue weighted by molar-refractivity contribution is -0.123. The second kappa shape index (κ2) is 6.36. The second-order valence-electron chi connectivity index (χ2n) is 8.86. The van der Waals surface area contributed by atoms with Crippen LogP contribution in [-0.2, 0) is 4.79 Å². The summed E-state index contributed by atoms with van der Waals surface area (Å²) in [6.07, 6.45) is 9.51. The monoisotopic (exact) mass is 387 g/mol. The van der Waals surface area contributed by atoms with E-state index < -0.39 is 0 Å². The predicted molar refractivity (Wildman–Crippen MR) is 103 cm³/mol. The van der Waals surface area contributed by atoms with Crippen LogP contribution in [0.3, 0.4) is 0 Å². The Morgan fingerprint density at radius 3 is 2.63 bits per heavy atom. The van der Waals surface area contributed by atoms with E-state index in [0.29, 0.717) is 21.6 Å². The fraction of sp³-hybridized carbons (Fsp3) is 0.684. The maximum Gasteiger partial charge on any atom is 0.262 e. The summed E-state index contributed by atoms with van der Waals surface area (Å²) in [4.78, 5) is 31.5. The number of hydrogen-bond acceptors (Lipinski definition) is 5. The predicted octanol–water partition coefficient (Wildman–Crippen LogP) is 2.46. The van der Waals surface area contributed by atoms with Gasteiger partial charge in [0.15, 0.2) is 10.8 Å². The first-order valence-corrected chi connectivity index (χ1v) is 10.8. The van der Waals surface area contributed by atoms with E-state index >= 15 is 0 Å². The van der Waals surface area contributed by atoms with Gasteiger partial charge in [0.25, 0.3) is 5.56 Å². The molecule has 8 heteroatoms. The van der Waals surface area contributed by atoms with Crippen molar-refractivity contribution in [3.05, 3.63) is 16.6 Å². The molecule has 6 rings (SSSR count). The van der Waals surface area contributed by atoms with Crippen molar-refractivity contribution in [3.63, 3.8) is 0 Å². The van der Waals surface area contributed by atoms with Gasteiger partial charge in [0, 0.05) is 6.04 Å². The Balaban J connectivity index is 1.22. The van der Waals surface area contributed by atoms with Crippen molar-refractivity contribution in [2.45, 2.75) is 56.6 Å². The standard InChI is InChI=1S/C19H25N5O2S/c1-10(19-5-11-2-12(6-19)4-13(3-11)7-19)21-15(25)9-27-18-22-16-14(8-20-24-16)17(26)23-18/h8,10-13H,2-7,9H2,1H3,(H,21,25)(H2,20,22,23,24,26)/t10-,11?,12?,13?,19?/m1/s1. The molecule has 27 heavy (non-hydrogen) atoms. The summed E-state index contributed by atoms with van der Waals surface area (Å²) in [5.74, 6) is 2.89. The minimum atomic E-state index is -0.237. The Labute approximate surface area is 161 Å². The van der Waals surface area contributed by atoms with Gasteiger partial charge < -0.3 is 10.3 Å². The van der Waals surface area contributed by atoms with E-state index in [9.17, 15) is 9.59 Å². The van der Waals surface area contributed by atoms with Gasteiger partial charge in [-0.15, -0.1) is 0 Å². The first kappa shape index (κ1) is 17.3. The molecule has 4 saturated carbocycles. The zero-order chi connectivity index (χ0) is 18.6. The molecule has 4 aliphatic carbocycles. The Morgan fingerprint density at radius 2 is 1.96 bits per heavy atom. The Bertz CT molecular complexity index is 900. The minimum Gasteiger partial charge on any atom is -0.352 e. The molecule has 144 valence electrons. The molecule has 2 heterocycles. The van der Waals surface area contributed by atoms with Crippen LogP contribution >= 0.6 is 11.8 Å². The number of H-pyrrole nitrogens is 2. The van der Waals surface area contributed by atoms with Crippen LogP contribution in [0.2, 0.25) is 0 Å². The van der Waals surface area contributed by atoms with Crippen LogP contribution < -0.4 is 10.9 Å². The molecule has 7 nitrogen and oxygen atoms in total. The van der Waals surface area contributed by atoms with Crippen molar-refractivity contribution in [1.82, 2.24) is 25.5 Å². The van der Waals surface area contributed by atoms with Crippen molar-refractivity contribution in [1.29, 1.82) is 0 Å². The van der Waals surface area contributed by atoms with Gasteiger partial charge >= 0.3 is 0 Å². The molecular formula is C19H25N5O2S. The van der Waals surface area contributed by atoms with Gasteiger partial charge in [-0.1, -0.05) is 11.8 Å². The van der Waals surface area contributed by atoms with Crippen LogP contribution in [0.4, 0.5) is 0 Å². The van der Waals surface area contributed by atoms with Gasteiger partial charge in [-0.2, -0.15) is 5.10 Å². The summed E-state index contributed by atoms with van der Waals surface area (Å²) in [6, 6.07) is 0.209. The highest BCUT2D eigenvalue weighted by Crippen LogP contribution is 2.61. The summed E-state index contributed by atoms with van der Waals surface area (Å²) >= 11 is 1.25. The Kier molecular flexibility index (Phi) is 4.07. The van der Waals surface area contributed by atoms with Crippen molar-refractivity contribution < 1.29 is 4.79 Å². The highest BCUT2D eigenvalue weighted by atomic mass is 32.2. The lowest BCUT2D eigenvalue weighted by Crippen LogP contribution is -2.56. The van der Waals surface area contributed by atoms with Crippen molar-refractivity contribution in [2.75, 3.05) is 5.75 Å². The lowest BCUT2D eigenvalue weighted by atomic mass is 9.48. The topological polar surface area (TPSA) is 104 Å². The third kappa shape index (κ3) is 3.07. The molecule has 3 N–H and O–H groups in total. The summed E-state index contributed by atoms with van der Waals surface area (Å²) in [5, 5.41) is 10.7. The van der Waals surface area contributed by atoms with Crippen molar-refractivity contribution >= 4 is 28.7 Å². The molecule has 2 aromatic rings. The summed E-state index contributed by atoms with van der Waals surface area (Å²) in [6.45, 7) is 2.19. The molecule has 0 radical (unpaired) electrons. The maximum atomic E-state index is 12.5. The smallest absolute Gasteiger partial charge is 0.262 e. The summed E-state index contributed by atoms with van der Waals surface area (Å²) in [7, 11) is 0. The van der Waals surface area contributed by atoms with E-state index in [1.165, 1.54) is 56.5 Å². The van der Waals surface area contributed by atoms with E-state index in [0.717, 1.165) is 17.8 Å². The van der Waals surface area contributed by atoms with E-state index in [2.05, 4.69) is 32.4 Å². The molecule has 0 aliphatic heterocycles. The second-order valence-corrected chi connectivity index (χ2v) is 9.83. The molecule has 0 spiro atoms. The molecule has 1 amide bonds. The molecule has 0 unspecified atom stereocenters. The van der Waals surface area contributed by atoms with Crippen LogP contribution in [-0.4, -0.2) is 37.9 Å². The van der Waals surface area contributed by atoms with E-state index in [-0.39, 0.29) is 23.3 Å². The van der Waals surface area contributed by atoms with E-state index in [1.54, 1.807) is 0 Å². The average molecular weight is 388 g/mol. The van der Waals surface area contributed by atoms with Crippen LogP contribution in [0.5, 0.6) is 0 Å². The quantitative estimate of drug-likeness (QED) is 0.540. The van der Waals surface area contributed by atoms with Gasteiger partial charge in [0.1, 0.15) is 5.39 Å². The average Bonchev–Trinajstić information content (AvgIpc) is 3.08. The number of fused-ring (bicyclic) bond motifs is 1. The zero-order valence-corrected chi connectivity index (χ0v) is 16.3. The lowest BCUT2D eigenvalue weighted by Gasteiger charge is -2.59. The van der Waals surface area contributed by atoms with Crippen LogP contribution in [0.1, 0.15) is 45.4 Å². The summed E-state index contributed by atoms with van der Waals surface area (Å²) in [5.41, 5.74) is 0.512. The van der Waals surface area contributed by atoms with E-state index in [4.69, 9.17) is 0 Å². The number of carbonyl (C=O) groups excluding carboxylic acids is 1. The number of carbonyl (C=O) groups is 1. The number of nitrogens with zero attached hydrogens (tertiary/aromatic N) is 2. The molecule has 1 atom stereocenters. The Hall–Kier alpha value is -1.83. The van der Waals surface area contributed by atoms with Gasteiger partial charge in [-0.05, 0) is 68.6 Å². The molecule has 4 fully saturated rings. The van der Waals surface area contributed by atoms with Gasteiger partial charge in [0.05, 0.1) is 11.9 Å². The third-order valence-electron chi connectivity index (χ3n) is 7.02. The van der Waals surface area contributed by atoms with Crippen molar-refractivity contribution in [3.8, 4) is 0 Å². The van der Waals surface area contributed by atoms with E-state index in [1.807, 2.05) is 0 Å². The zero-order valence-electron chi connectivity index (χ0n) is 15.5. The fourth-order valence-corrected chi connectivity index (χ4v) is 6.84. The molecule has 2 aromatic heterocycles. The third-order valence-corrected chi connectivity index (χ3v) is 7.89. The molecule has 0 saturated heterocycles. The number of amides is 1. The maximum absolute atomic E-state index is 12.5. The largest absolute Gasteiger partial charge is 0.352 e. The highest BCUT2D eigenvalue weighted by molar-refractivity contribution is 7.99. The highest BCUT2D eigenvalue weighted by Gasteiger charge is 2.53. The number of rotatable bonds is 5. The minimum absolute atomic E-state index is 0.00982. The van der Waals surface area contributed by atoms with Gasteiger partial charge in [0.2, 0.25) is 5.91 Å². The molecule has 0 aromatic carbocycles. The number of nitrogens with one attached hydrogen (secondary N) is 3. The SMILES string of the molecule is C[C@@H](NC(=O)CSc1nc2[nH]ncc2c(=O)[nH]1)C12CC3CC(CC(C3)C1)C2. The molecular weight excluding hydrogens is 362 g/mol. The number of aromatic amines is 2. The van der Waals surface area contributed by atoms with Crippen LogP contribution in [0, 0.1) is 23.2 Å². The molecule has 4 bridgehead atoms. The summed E-state index contributed by atoms with van der Waals surface area (Å²) < 4.78 is 0. The number of hydrogen-bond donors (Lipinski definition) is 3. The normalized spacial score (nSPS) is 32.7. The fourth-order valence-electron chi connectivity index (χ4n) is 6.17. The number of thioether (sulfide) groups is 1. The van der Waals surface area contributed by atoms with Crippen LogP contribution in [0.25, 0.3) is 11.0 Å². The van der Waals surface area contributed by atoms with Crippen molar-refractivity contribution in [2.24, 2.45) is 23.2 Å². The van der Waals surface area contributed by atoms with Gasteiger partial charge in [-0.25, -0.2) is 4.98 Å². The Morgan fingerprint density at radius 1 is 1.30 bits per heavy atom.